The van der Waals surface area contributed by atoms with Gasteiger partial charge in [0.05, 0.1) is 0 Å². The summed E-state index contributed by atoms with van der Waals surface area (Å²) in [6.45, 7) is 31.4. The van der Waals surface area contributed by atoms with Crippen LogP contribution in [0, 0.1) is 13.8 Å². The average Bonchev–Trinajstić information content (AvgIpc) is 3.34. The monoisotopic (exact) mass is 1030 g/mol. The van der Waals surface area contributed by atoms with Gasteiger partial charge in [-0.05, 0) is 132 Å². The van der Waals surface area contributed by atoms with Crippen LogP contribution >= 0.6 is 17.2 Å². The minimum Gasteiger partial charge on any atom is -0.409 e. The van der Waals surface area contributed by atoms with Crippen molar-refractivity contribution in [1.29, 1.82) is 0 Å². The van der Waals surface area contributed by atoms with Crippen molar-refractivity contribution in [2.75, 3.05) is 0 Å². The van der Waals surface area contributed by atoms with Crippen LogP contribution in [0.5, 0.6) is 34.5 Å². The summed E-state index contributed by atoms with van der Waals surface area (Å²) in [6, 6.07) is 44.0. The van der Waals surface area contributed by atoms with Gasteiger partial charge in [-0.2, -0.15) is 0 Å². The Hall–Kier alpha value is -5.02. The second-order valence-corrected chi connectivity index (χ2v) is 27.7. The number of benzene rings is 6. The van der Waals surface area contributed by atoms with E-state index in [9.17, 15) is 0 Å². The Balaban J connectivity index is 1.16. The second-order valence-electron chi connectivity index (χ2n) is 25.8. The Morgan fingerprint density at radius 2 is 0.554 bits per heavy atom. The molecule has 2 saturated carbocycles. The lowest BCUT2D eigenvalue weighted by Gasteiger charge is -2.39. The van der Waals surface area contributed by atoms with E-state index in [1.165, 1.54) is 46.2 Å². The van der Waals surface area contributed by atoms with Gasteiger partial charge in [0.25, 0.3) is 0 Å². The Bertz CT molecular complexity index is 2510. The molecule has 0 aromatic heterocycles. The Morgan fingerprint density at radius 3 is 0.757 bits per heavy atom. The molecule has 7 aliphatic heterocycles. The van der Waals surface area contributed by atoms with Gasteiger partial charge in [0.15, 0.2) is 0 Å². The van der Waals surface area contributed by atoms with Gasteiger partial charge in [-0.15, -0.1) is 0 Å². The van der Waals surface area contributed by atoms with E-state index in [1.54, 1.807) is 0 Å². The highest BCUT2D eigenvalue weighted by Gasteiger charge is 2.39. The van der Waals surface area contributed by atoms with Gasteiger partial charge in [-0.3, -0.25) is 0 Å². The van der Waals surface area contributed by atoms with Crippen molar-refractivity contribution >= 4 is 17.2 Å². The summed E-state index contributed by atoms with van der Waals surface area (Å²) in [5.74, 6) is 4.50. The average molecular weight is 1030 g/mol. The van der Waals surface area contributed by atoms with Gasteiger partial charge in [-0.25, -0.2) is 0 Å². The normalized spacial score (nSPS) is 19.1. The van der Waals surface area contributed by atoms with Crippen molar-refractivity contribution in [2.24, 2.45) is 0 Å². The Morgan fingerprint density at radius 1 is 0.338 bits per heavy atom. The molecule has 6 aromatic rings. The lowest BCUT2D eigenvalue weighted by atomic mass is 9.65. The summed E-state index contributed by atoms with van der Waals surface area (Å²) >= 11 is 0. The molecule has 7 heterocycles. The van der Waals surface area contributed by atoms with E-state index in [0.717, 1.165) is 85.1 Å². The molecule has 8 heteroatoms. The zero-order valence-corrected chi connectivity index (χ0v) is 48.8. The molecule has 0 atom stereocenters. The van der Waals surface area contributed by atoms with Crippen molar-refractivity contribution in [3.63, 3.8) is 0 Å². The first kappa shape index (κ1) is 53.8. The van der Waals surface area contributed by atoms with Gasteiger partial charge >= 0.3 is 17.2 Å². The van der Waals surface area contributed by atoms with E-state index in [1.807, 2.05) is 0 Å². The van der Waals surface area contributed by atoms with Crippen LogP contribution in [0.2, 0.25) is 0 Å². The Kier molecular flexibility index (Phi) is 15.1. The first-order valence-electron chi connectivity index (χ1n) is 27.3. The molecule has 9 aliphatic rings. The molecule has 0 amide bonds. The van der Waals surface area contributed by atoms with Gasteiger partial charge in [0.1, 0.15) is 34.5 Å². The first-order chi connectivity index (χ1) is 34.9. The van der Waals surface area contributed by atoms with Crippen molar-refractivity contribution in [2.45, 2.75) is 194 Å². The van der Waals surface area contributed by atoms with E-state index in [4.69, 9.17) is 27.1 Å². The van der Waals surface area contributed by atoms with Crippen LogP contribution < -0.4 is 27.1 Å². The van der Waals surface area contributed by atoms with Crippen LogP contribution in [0.25, 0.3) is 0 Å². The predicted molar refractivity (Wildman–Crippen MR) is 308 cm³/mol. The lowest BCUT2D eigenvalue weighted by Crippen LogP contribution is -2.30. The van der Waals surface area contributed by atoms with E-state index in [-0.39, 0.29) is 32.5 Å². The smallest absolute Gasteiger partial charge is 0.409 e. The highest BCUT2D eigenvalue weighted by atomic mass is 31.2. The van der Waals surface area contributed by atoms with Gasteiger partial charge in [0.2, 0.25) is 0 Å². The third-order valence-corrected chi connectivity index (χ3v) is 17.9. The number of hydrogen-bond donors (Lipinski definition) is 0. The van der Waals surface area contributed by atoms with E-state index in [0.29, 0.717) is 23.0 Å². The molecule has 392 valence electrons. The van der Waals surface area contributed by atoms with E-state index < -0.39 is 17.2 Å². The molecule has 0 radical (unpaired) electrons. The first-order valence-corrected chi connectivity index (χ1v) is 29.5. The van der Waals surface area contributed by atoms with Gasteiger partial charge in [0, 0.05) is 33.1 Å². The summed E-state index contributed by atoms with van der Waals surface area (Å²) in [6.07, 6.45) is 11.3. The minimum atomic E-state index is -1.96. The van der Waals surface area contributed by atoms with Crippen molar-refractivity contribution in [1.82, 2.24) is 0 Å². The summed E-state index contributed by atoms with van der Waals surface area (Å²) in [7, 11) is -3.93. The number of hydrogen-bond acceptors (Lipinski definition) is 6. The van der Waals surface area contributed by atoms with Crippen LogP contribution in [-0.4, -0.2) is 0 Å². The third kappa shape index (κ3) is 11.5. The number of rotatable bonds is 4. The largest absolute Gasteiger partial charge is 0.530 e. The fourth-order valence-electron chi connectivity index (χ4n) is 11.7. The van der Waals surface area contributed by atoms with Gasteiger partial charge in [-0.1, -0.05) is 206 Å². The van der Waals surface area contributed by atoms with Gasteiger partial charge < -0.3 is 27.1 Å². The molecule has 6 aromatic carbocycles. The molecule has 0 N–H and O–H groups in total. The van der Waals surface area contributed by atoms with Crippen LogP contribution in [0.3, 0.4) is 0 Å². The quantitative estimate of drug-likeness (QED) is 0.164. The molecule has 74 heavy (non-hydrogen) atoms. The molecule has 8 bridgehead atoms. The minimum absolute atomic E-state index is 0.173. The molecular weight excluding hydrogens is 951 g/mol. The molecule has 2 aliphatic carbocycles. The summed E-state index contributed by atoms with van der Waals surface area (Å²) in [4.78, 5) is 0. The Labute approximate surface area is 447 Å². The SMILES string of the molecule is Cc1cc(C(C)(C)C)c(OP2Oc3ccc(cc3)C3(CCCCC3)c3ccc(cc3)OP(Oc3c(C(C)(C)C)cc(C)cc3C(C)(C)C)Oc3ccc(cc3)C3(CCCCC3)c3ccc(cc3)O2)c(C(C)(C)C)c1. The maximum atomic E-state index is 7.18. The summed E-state index contributed by atoms with van der Waals surface area (Å²) in [5.41, 5.74) is 11.0. The summed E-state index contributed by atoms with van der Waals surface area (Å²) < 4.78 is 42.1. The number of aryl methyl sites for hydroxylation is 2. The molecule has 15 rings (SSSR count). The lowest BCUT2D eigenvalue weighted by molar-refractivity contribution is 0.344. The van der Waals surface area contributed by atoms with E-state index >= 15 is 0 Å². The maximum Gasteiger partial charge on any atom is 0.530 e. The van der Waals surface area contributed by atoms with Crippen LogP contribution in [0.15, 0.2) is 121 Å². The molecule has 2 fully saturated rings. The van der Waals surface area contributed by atoms with Crippen molar-refractivity contribution in [3.05, 3.63) is 177 Å². The second kappa shape index (κ2) is 20.8. The molecular formula is C66H82O6P2. The molecule has 2 spiro atoms. The molecule has 0 saturated heterocycles. The molecule has 6 nitrogen and oxygen atoms in total. The van der Waals surface area contributed by atoms with Crippen LogP contribution in [0.1, 0.15) is 203 Å². The van der Waals surface area contributed by atoms with Crippen LogP contribution in [0.4, 0.5) is 0 Å². The summed E-state index contributed by atoms with van der Waals surface area (Å²) in [5, 5.41) is 0. The zero-order chi connectivity index (χ0) is 52.8. The standard InChI is InChI=1S/C66H82O6P2/c1-45-41-55(61(3,4)5)59(56(42-45)62(6,7)8)71-73-67-51-29-21-47(22-30-51)65(37-17-15-18-38-65)49-25-33-53(34-26-49)69-74(72-60-57(63(9,10)11)43-46(2)44-58(60)64(12,13)14)70-54-35-27-50(28-36-54)66(39-19-16-20-40-66)48-23-31-52(68-73)32-24-48/h21-36,41-44H,15-20,37-40H2,1-14H3. The van der Waals surface area contributed by atoms with Crippen molar-refractivity contribution < 1.29 is 27.1 Å². The third-order valence-electron chi connectivity index (χ3n) is 15.8. The molecule has 0 unspecified atom stereocenters. The zero-order valence-electron chi connectivity index (χ0n) is 47.0. The highest BCUT2D eigenvalue weighted by molar-refractivity contribution is 7.43. The highest BCUT2D eigenvalue weighted by Crippen LogP contribution is 2.54. The fraction of sp³-hybridized carbons (Fsp3) is 0.455. The van der Waals surface area contributed by atoms with E-state index in [2.05, 4.69) is 218 Å². The van der Waals surface area contributed by atoms with Crippen molar-refractivity contribution in [3.8, 4) is 34.5 Å². The van der Waals surface area contributed by atoms with Crippen LogP contribution in [-0.2, 0) is 32.5 Å². The topological polar surface area (TPSA) is 55.4 Å². The fourth-order valence-corrected chi connectivity index (χ4v) is 13.8. The predicted octanol–water partition coefficient (Wildman–Crippen LogP) is 19.8. The maximum absolute atomic E-state index is 7.18.